The van der Waals surface area contributed by atoms with Crippen molar-refractivity contribution in [1.29, 1.82) is 0 Å². The largest absolute Gasteiger partial charge is 0.399 e. The number of para-hydroxylation sites is 1. The predicted molar refractivity (Wildman–Crippen MR) is 88.2 cm³/mol. The van der Waals surface area contributed by atoms with E-state index < -0.39 is 0 Å². The van der Waals surface area contributed by atoms with Crippen LogP contribution in [0.15, 0.2) is 59.4 Å². The molecule has 1 fully saturated rings. The highest BCUT2D eigenvalue weighted by Crippen LogP contribution is 2.42. The minimum absolute atomic E-state index is 0.00197. The maximum absolute atomic E-state index is 12.9. The topological polar surface area (TPSA) is 63.8 Å². The Hall–Kier alpha value is -2.75. The molecular formula is C18H17N3O. The minimum Gasteiger partial charge on any atom is -0.399 e. The molecule has 1 aliphatic rings. The molecule has 0 atom stereocenters. The highest BCUT2D eigenvalue weighted by atomic mass is 16.1. The lowest BCUT2D eigenvalue weighted by Gasteiger charge is -2.01. The second-order valence-corrected chi connectivity index (χ2v) is 5.77. The van der Waals surface area contributed by atoms with Crippen LogP contribution in [0.4, 0.5) is 5.69 Å². The highest BCUT2D eigenvalue weighted by molar-refractivity contribution is 5.68. The molecule has 4 heteroatoms. The molecule has 0 radical (unpaired) electrons. The zero-order valence-electron chi connectivity index (χ0n) is 12.1. The predicted octanol–water partition coefficient (Wildman–Crippen LogP) is 3.29. The van der Waals surface area contributed by atoms with E-state index in [1.54, 1.807) is 4.68 Å². The van der Waals surface area contributed by atoms with Gasteiger partial charge in [-0.25, -0.2) is 4.68 Å². The number of benzene rings is 2. The molecule has 1 saturated carbocycles. The van der Waals surface area contributed by atoms with Crippen molar-refractivity contribution in [3.8, 4) is 16.8 Å². The van der Waals surface area contributed by atoms with Crippen molar-refractivity contribution in [2.24, 2.45) is 0 Å². The number of rotatable bonds is 3. The van der Waals surface area contributed by atoms with E-state index in [-0.39, 0.29) is 5.56 Å². The number of hydrogen-bond donors (Lipinski definition) is 2. The van der Waals surface area contributed by atoms with Gasteiger partial charge in [-0.1, -0.05) is 30.3 Å². The maximum atomic E-state index is 12.9. The molecule has 0 bridgehead atoms. The summed E-state index contributed by atoms with van der Waals surface area (Å²) in [5, 5.41) is 3.31. The summed E-state index contributed by atoms with van der Waals surface area (Å²) < 4.78 is 1.64. The fourth-order valence-electron chi connectivity index (χ4n) is 2.81. The molecule has 4 nitrogen and oxygen atoms in total. The average molecular weight is 291 g/mol. The van der Waals surface area contributed by atoms with Gasteiger partial charge in [-0.05, 0) is 42.7 Å². The van der Waals surface area contributed by atoms with Crippen LogP contribution < -0.4 is 11.3 Å². The standard InChI is InChI=1S/C18H17N3O/c19-14-10-8-12(9-11-14)16-17(13-6-7-13)20-21(18(16)22)15-4-2-1-3-5-15/h1-5,8-11,13,20H,6-7,19H2. The van der Waals surface area contributed by atoms with Crippen LogP contribution in [0, 0.1) is 0 Å². The molecule has 4 rings (SSSR count). The number of H-pyrrole nitrogens is 1. The number of aromatic nitrogens is 2. The summed E-state index contributed by atoms with van der Waals surface area (Å²) in [6.07, 6.45) is 2.27. The Bertz CT molecular complexity index is 856. The molecule has 0 saturated heterocycles. The third-order valence-electron chi connectivity index (χ3n) is 4.12. The first kappa shape index (κ1) is 13.0. The van der Waals surface area contributed by atoms with Crippen molar-refractivity contribution in [1.82, 2.24) is 9.78 Å². The first-order valence-corrected chi connectivity index (χ1v) is 7.50. The Morgan fingerprint density at radius 3 is 2.32 bits per heavy atom. The summed E-state index contributed by atoms with van der Waals surface area (Å²) in [6, 6.07) is 17.2. The fourth-order valence-corrected chi connectivity index (χ4v) is 2.81. The van der Waals surface area contributed by atoms with Crippen molar-refractivity contribution >= 4 is 5.69 Å². The third-order valence-corrected chi connectivity index (χ3v) is 4.12. The number of nitrogens with one attached hydrogen (secondary N) is 1. The summed E-state index contributed by atoms with van der Waals surface area (Å²) in [7, 11) is 0. The van der Waals surface area contributed by atoms with Gasteiger partial charge < -0.3 is 5.73 Å². The van der Waals surface area contributed by atoms with E-state index in [4.69, 9.17) is 5.73 Å². The molecule has 0 unspecified atom stereocenters. The summed E-state index contributed by atoms with van der Waals surface area (Å²) in [5.74, 6) is 0.463. The Morgan fingerprint density at radius 2 is 1.68 bits per heavy atom. The van der Waals surface area contributed by atoms with Crippen molar-refractivity contribution in [3.05, 3.63) is 70.6 Å². The van der Waals surface area contributed by atoms with Crippen molar-refractivity contribution < 1.29 is 0 Å². The van der Waals surface area contributed by atoms with Crippen LogP contribution in [-0.2, 0) is 0 Å². The van der Waals surface area contributed by atoms with Gasteiger partial charge in [0, 0.05) is 17.3 Å². The molecule has 0 spiro atoms. The van der Waals surface area contributed by atoms with E-state index in [0.717, 1.165) is 35.3 Å². The Balaban J connectivity index is 1.92. The molecule has 3 N–H and O–H groups in total. The molecular weight excluding hydrogens is 274 g/mol. The van der Waals surface area contributed by atoms with Gasteiger partial charge in [-0.2, -0.15) is 0 Å². The molecule has 1 aromatic heterocycles. The van der Waals surface area contributed by atoms with Gasteiger partial charge >= 0.3 is 0 Å². The SMILES string of the molecule is Nc1ccc(-c2c(C3CC3)[nH]n(-c3ccccc3)c2=O)cc1. The maximum Gasteiger partial charge on any atom is 0.279 e. The van der Waals surface area contributed by atoms with Crippen LogP contribution in [0.25, 0.3) is 16.8 Å². The lowest BCUT2D eigenvalue weighted by molar-refractivity contribution is 0.816. The van der Waals surface area contributed by atoms with E-state index in [1.807, 2.05) is 54.6 Å². The Kier molecular flexibility index (Phi) is 2.89. The average Bonchev–Trinajstić information content (AvgIpc) is 3.33. The van der Waals surface area contributed by atoms with Crippen LogP contribution in [-0.4, -0.2) is 9.78 Å². The molecule has 22 heavy (non-hydrogen) atoms. The number of nitrogen functional groups attached to an aromatic ring is 1. The second-order valence-electron chi connectivity index (χ2n) is 5.77. The zero-order valence-corrected chi connectivity index (χ0v) is 12.1. The first-order chi connectivity index (χ1) is 10.7. The van der Waals surface area contributed by atoms with E-state index in [0.29, 0.717) is 11.6 Å². The van der Waals surface area contributed by atoms with Crippen molar-refractivity contribution in [3.63, 3.8) is 0 Å². The third kappa shape index (κ3) is 2.13. The van der Waals surface area contributed by atoms with Crippen LogP contribution in [0.1, 0.15) is 24.5 Å². The normalized spacial score (nSPS) is 14.2. The van der Waals surface area contributed by atoms with E-state index in [1.165, 1.54) is 0 Å². The van der Waals surface area contributed by atoms with Gasteiger partial charge in [0.2, 0.25) is 0 Å². The van der Waals surface area contributed by atoms with Crippen molar-refractivity contribution in [2.45, 2.75) is 18.8 Å². The fraction of sp³-hybridized carbons (Fsp3) is 0.167. The van der Waals surface area contributed by atoms with Crippen molar-refractivity contribution in [2.75, 3.05) is 5.73 Å². The smallest absolute Gasteiger partial charge is 0.279 e. The second kappa shape index (κ2) is 4.91. The monoisotopic (exact) mass is 291 g/mol. The lowest BCUT2D eigenvalue weighted by atomic mass is 10.0. The van der Waals surface area contributed by atoms with Crippen LogP contribution in [0.5, 0.6) is 0 Å². The minimum atomic E-state index is -0.00197. The van der Waals surface area contributed by atoms with E-state index in [2.05, 4.69) is 5.10 Å². The Labute approximate surface area is 128 Å². The Morgan fingerprint density at radius 1 is 1.00 bits per heavy atom. The van der Waals surface area contributed by atoms with Gasteiger partial charge in [0.25, 0.3) is 5.56 Å². The zero-order chi connectivity index (χ0) is 15.1. The number of aromatic amines is 1. The van der Waals surface area contributed by atoms with Gasteiger partial charge in [0.05, 0.1) is 11.3 Å². The van der Waals surface area contributed by atoms with Gasteiger partial charge in [0.1, 0.15) is 0 Å². The molecule has 1 aliphatic carbocycles. The van der Waals surface area contributed by atoms with E-state index >= 15 is 0 Å². The molecule has 0 amide bonds. The van der Waals surface area contributed by atoms with Gasteiger partial charge in [-0.3, -0.25) is 9.89 Å². The molecule has 3 aromatic rings. The lowest BCUT2D eigenvalue weighted by Crippen LogP contribution is -2.15. The van der Waals surface area contributed by atoms with Crippen LogP contribution >= 0.6 is 0 Å². The number of hydrogen-bond acceptors (Lipinski definition) is 2. The molecule has 110 valence electrons. The molecule has 1 heterocycles. The summed E-state index contributed by atoms with van der Waals surface area (Å²) in [4.78, 5) is 12.9. The van der Waals surface area contributed by atoms with E-state index in [9.17, 15) is 4.79 Å². The first-order valence-electron chi connectivity index (χ1n) is 7.50. The number of nitrogens with two attached hydrogens (primary N) is 1. The van der Waals surface area contributed by atoms with Gasteiger partial charge in [0.15, 0.2) is 0 Å². The number of anilines is 1. The molecule has 2 aromatic carbocycles. The quantitative estimate of drug-likeness (QED) is 0.727. The summed E-state index contributed by atoms with van der Waals surface area (Å²) in [6.45, 7) is 0. The van der Waals surface area contributed by atoms with Crippen LogP contribution in [0.2, 0.25) is 0 Å². The molecule has 0 aliphatic heterocycles. The highest BCUT2D eigenvalue weighted by Gasteiger charge is 2.31. The van der Waals surface area contributed by atoms with Gasteiger partial charge in [-0.15, -0.1) is 0 Å². The number of nitrogens with zero attached hydrogens (tertiary/aromatic N) is 1. The summed E-state index contributed by atoms with van der Waals surface area (Å²) >= 11 is 0. The summed E-state index contributed by atoms with van der Waals surface area (Å²) in [5.41, 5.74) is 10.1. The van der Waals surface area contributed by atoms with Crippen LogP contribution in [0.3, 0.4) is 0 Å².